The molecule has 1 aromatic heterocycles. The van der Waals surface area contributed by atoms with Crippen LogP contribution in [0.1, 0.15) is 35.0 Å². The third-order valence-corrected chi connectivity index (χ3v) is 3.49. The number of aryl methyl sites for hydroxylation is 2. The molecule has 0 aliphatic rings. The minimum Gasteiger partial charge on any atom is -0.311 e. The maximum Gasteiger partial charge on any atom is 0.258 e. The summed E-state index contributed by atoms with van der Waals surface area (Å²) < 4.78 is 0. The number of amides is 1. The number of hydrogen-bond donors (Lipinski definition) is 0. The van der Waals surface area contributed by atoms with Crippen LogP contribution in [0.2, 0.25) is 5.15 Å². The largest absolute Gasteiger partial charge is 0.311 e. The minimum atomic E-state index is -0.0812. The van der Waals surface area contributed by atoms with E-state index in [1.54, 1.807) is 18.0 Å². The van der Waals surface area contributed by atoms with Crippen LogP contribution in [0.4, 0.5) is 5.69 Å². The Morgan fingerprint density at radius 2 is 2.05 bits per heavy atom. The number of carbonyl (C=O) groups excluding carboxylic acids is 1. The first-order valence-corrected chi connectivity index (χ1v) is 7.40. The normalized spacial score (nSPS) is 10.5. The molecule has 0 spiro atoms. The summed E-state index contributed by atoms with van der Waals surface area (Å²) in [6.07, 6.45) is 1.78. The first-order valence-electron chi connectivity index (χ1n) is 7.02. The molecule has 110 valence electrons. The van der Waals surface area contributed by atoms with E-state index in [1.165, 1.54) is 0 Å². The highest BCUT2D eigenvalue weighted by molar-refractivity contribution is 6.29. The van der Waals surface area contributed by atoms with Crippen molar-refractivity contribution in [3.63, 3.8) is 0 Å². The summed E-state index contributed by atoms with van der Waals surface area (Å²) in [6, 6.07) is 11.3. The zero-order valence-corrected chi connectivity index (χ0v) is 13.3. The first-order chi connectivity index (χ1) is 10.0. The van der Waals surface area contributed by atoms with E-state index >= 15 is 0 Å². The monoisotopic (exact) mass is 302 g/mol. The molecule has 3 nitrogen and oxygen atoms in total. The molecule has 2 aromatic rings. The number of pyridine rings is 1. The van der Waals surface area contributed by atoms with Crippen molar-refractivity contribution in [3.8, 4) is 0 Å². The fraction of sp³-hybridized carbons (Fsp3) is 0.294. The standard InChI is InChI=1S/C17H19ClN2O/c1-4-6-14-10-13(11-16(18)19-14)17(21)20(3)15-8-5-7-12(2)9-15/h5,7-11H,4,6H2,1-3H3. The Morgan fingerprint density at radius 1 is 1.29 bits per heavy atom. The van der Waals surface area contributed by atoms with Crippen LogP contribution in [0, 0.1) is 6.92 Å². The molecule has 0 saturated heterocycles. The van der Waals surface area contributed by atoms with E-state index in [0.717, 1.165) is 29.8 Å². The van der Waals surface area contributed by atoms with E-state index in [1.807, 2.05) is 37.3 Å². The van der Waals surface area contributed by atoms with Crippen LogP contribution >= 0.6 is 11.6 Å². The highest BCUT2D eigenvalue weighted by atomic mass is 35.5. The van der Waals surface area contributed by atoms with Crippen LogP contribution in [0.15, 0.2) is 36.4 Å². The van der Waals surface area contributed by atoms with Gasteiger partial charge in [-0.15, -0.1) is 0 Å². The lowest BCUT2D eigenvalue weighted by molar-refractivity contribution is 0.0993. The molecule has 0 bridgehead atoms. The smallest absolute Gasteiger partial charge is 0.258 e. The second kappa shape index (κ2) is 6.72. The van der Waals surface area contributed by atoms with Gasteiger partial charge in [0.25, 0.3) is 5.91 Å². The molecular formula is C17H19ClN2O. The van der Waals surface area contributed by atoms with E-state index in [0.29, 0.717) is 10.7 Å². The van der Waals surface area contributed by atoms with Crippen molar-refractivity contribution in [1.29, 1.82) is 0 Å². The summed E-state index contributed by atoms with van der Waals surface area (Å²) in [5.74, 6) is -0.0812. The van der Waals surface area contributed by atoms with Gasteiger partial charge < -0.3 is 4.90 Å². The van der Waals surface area contributed by atoms with Crippen molar-refractivity contribution in [1.82, 2.24) is 4.98 Å². The molecule has 4 heteroatoms. The molecule has 0 aliphatic carbocycles. The van der Waals surface area contributed by atoms with Gasteiger partial charge >= 0.3 is 0 Å². The van der Waals surface area contributed by atoms with Gasteiger partial charge in [-0.3, -0.25) is 4.79 Å². The van der Waals surface area contributed by atoms with E-state index in [4.69, 9.17) is 11.6 Å². The van der Waals surface area contributed by atoms with Crippen LogP contribution in [-0.4, -0.2) is 17.9 Å². The van der Waals surface area contributed by atoms with Crippen LogP contribution < -0.4 is 4.90 Å². The predicted octanol–water partition coefficient (Wildman–Crippen LogP) is 4.27. The van der Waals surface area contributed by atoms with Crippen LogP contribution in [0.3, 0.4) is 0 Å². The van der Waals surface area contributed by atoms with Gasteiger partial charge in [0, 0.05) is 24.0 Å². The highest BCUT2D eigenvalue weighted by Crippen LogP contribution is 2.19. The fourth-order valence-corrected chi connectivity index (χ4v) is 2.43. The zero-order chi connectivity index (χ0) is 15.4. The van der Waals surface area contributed by atoms with Crippen molar-refractivity contribution in [2.75, 3.05) is 11.9 Å². The number of rotatable bonds is 4. The molecule has 21 heavy (non-hydrogen) atoms. The third-order valence-electron chi connectivity index (χ3n) is 3.29. The summed E-state index contributed by atoms with van der Waals surface area (Å²) in [5.41, 5.74) is 3.41. The van der Waals surface area contributed by atoms with Gasteiger partial charge in [0.05, 0.1) is 0 Å². The van der Waals surface area contributed by atoms with E-state index in [9.17, 15) is 4.79 Å². The Labute approximate surface area is 130 Å². The molecule has 2 rings (SSSR count). The quantitative estimate of drug-likeness (QED) is 0.790. The average Bonchev–Trinajstić information content (AvgIpc) is 2.45. The molecule has 0 unspecified atom stereocenters. The van der Waals surface area contributed by atoms with Gasteiger partial charge in [0.1, 0.15) is 5.15 Å². The maximum atomic E-state index is 12.6. The maximum absolute atomic E-state index is 12.6. The molecule has 1 amide bonds. The predicted molar refractivity (Wildman–Crippen MR) is 87.2 cm³/mol. The summed E-state index contributed by atoms with van der Waals surface area (Å²) in [5, 5.41) is 0.363. The van der Waals surface area contributed by atoms with Gasteiger partial charge in [-0.2, -0.15) is 0 Å². The Morgan fingerprint density at radius 3 is 2.71 bits per heavy atom. The van der Waals surface area contributed by atoms with Gasteiger partial charge in [-0.25, -0.2) is 4.98 Å². The van der Waals surface area contributed by atoms with E-state index in [2.05, 4.69) is 11.9 Å². The molecule has 0 atom stereocenters. The van der Waals surface area contributed by atoms with Crippen LogP contribution in [0.25, 0.3) is 0 Å². The number of carbonyl (C=O) groups is 1. The topological polar surface area (TPSA) is 33.2 Å². The Balaban J connectivity index is 2.31. The summed E-state index contributed by atoms with van der Waals surface area (Å²) in [4.78, 5) is 18.5. The highest BCUT2D eigenvalue weighted by Gasteiger charge is 2.15. The Hall–Kier alpha value is -1.87. The number of aromatic nitrogens is 1. The molecule has 0 radical (unpaired) electrons. The van der Waals surface area contributed by atoms with Crippen molar-refractivity contribution < 1.29 is 4.79 Å². The average molecular weight is 303 g/mol. The van der Waals surface area contributed by atoms with Crippen molar-refractivity contribution >= 4 is 23.2 Å². The molecule has 1 aromatic carbocycles. The number of benzene rings is 1. The number of halogens is 1. The number of nitrogens with zero attached hydrogens (tertiary/aromatic N) is 2. The van der Waals surface area contributed by atoms with Crippen LogP contribution in [0.5, 0.6) is 0 Å². The zero-order valence-electron chi connectivity index (χ0n) is 12.6. The molecule has 0 N–H and O–H groups in total. The van der Waals surface area contributed by atoms with Crippen molar-refractivity contribution in [2.45, 2.75) is 26.7 Å². The fourth-order valence-electron chi connectivity index (χ4n) is 2.21. The van der Waals surface area contributed by atoms with Gasteiger partial charge in [0.2, 0.25) is 0 Å². The lowest BCUT2D eigenvalue weighted by Gasteiger charge is -2.18. The number of anilines is 1. The molecule has 0 saturated carbocycles. The number of hydrogen-bond acceptors (Lipinski definition) is 2. The summed E-state index contributed by atoms with van der Waals surface area (Å²) >= 11 is 6.02. The van der Waals surface area contributed by atoms with E-state index < -0.39 is 0 Å². The van der Waals surface area contributed by atoms with Gasteiger partial charge in [-0.1, -0.05) is 37.1 Å². The molecule has 1 heterocycles. The second-order valence-corrected chi connectivity index (χ2v) is 5.51. The van der Waals surface area contributed by atoms with E-state index in [-0.39, 0.29) is 5.91 Å². The summed E-state index contributed by atoms with van der Waals surface area (Å²) in [6.45, 7) is 4.08. The van der Waals surface area contributed by atoms with Crippen molar-refractivity contribution in [3.05, 3.63) is 58.4 Å². The Kier molecular flexibility index (Phi) is 4.97. The van der Waals surface area contributed by atoms with Gasteiger partial charge in [0.15, 0.2) is 0 Å². The van der Waals surface area contributed by atoms with Gasteiger partial charge in [-0.05, 0) is 43.2 Å². The summed E-state index contributed by atoms with van der Waals surface area (Å²) in [7, 11) is 1.77. The lowest BCUT2D eigenvalue weighted by Crippen LogP contribution is -2.26. The molecular weight excluding hydrogens is 284 g/mol. The Bertz CT molecular complexity index is 655. The molecule has 0 fully saturated rings. The second-order valence-electron chi connectivity index (χ2n) is 5.12. The SMILES string of the molecule is CCCc1cc(C(=O)N(C)c2cccc(C)c2)cc(Cl)n1. The van der Waals surface area contributed by atoms with Crippen molar-refractivity contribution in [2.24, 2.45) is 0 Å². The minimum absolute atomic E-state index is 0.0812. The third kappa shape index (κ3) is 3.82. The van der Waals surface area contributed by atoms with Crippen LogP contribution in [-0.2, 0) is 6.42 Å². The first kappa shape index (κ1) is 15.5. The lowest BCUT2D eigenvalue weighted by atomic mass is 10.1. The molecule has 0 aliphatic heterocycles.